The van der Waals surface area contributed by atoms with E-state index in [4.69, 9.17) is 11.6 Å². The van der Waals surface area contributed by atoms with Crippen molar-refractivity contribution in [2.75, 3.05) is 24.2 Å². The zero-order valence-corrected chi connectivity index (χ0v) is 19.5. The van der Waals surface area contributed by atoms with Crippen LogP contribution in [0.2, 0.25) is 5.02 Å². The molecular weight excluding hydrogens is 438 g/mol. The van der Waals surface area contributed by atoms with Crippen LogP contribution in [0.25, 0.3) is 0 Å². The van der Waals surface area contributed by atoms with E-state index in [0.29, 0.717) is 10.7 Å². The number of nitrogens with zero attached hydrogens (tertiary/aromatic N) is 2. The summed E-state index contributed by atoms with van der Waals surface area (Å²) in [7, 11) is -3.68. The van der Waals surface area contributed by atoms with Gasteiger partial charge in [-0.1, -0.05) is 47.5 Å². The van der Waals surface area contributed by atoms with Crippen LogP contribution >= 0.6 is 11.6 Å². The quantitative estimate of drug-likeness (QED) is 0.738. The molecule has 1 fully saturated rings. The number of hydrogen-bond donors (Lipinski definition) is 1. The van der Waals surface area contributed by atoms with E-state index in [2.05, 4.69) is 5.32 Å². The van der Waals surface area contributed by atoms with Crippen molar-refractivity contribution in [2.24, 2.45) is 0 Å². The number of carbonyl (C=O) groups excluding carboxylic acids is 2. The third kappa shape index (κ3) is 4.92. The molecule has 1 N–H and O–H groups in total. The predicted octanol–water partition coefficient (Wildman–Crippen LogP) is 2.64. The molecular formula is C22H26ClN3O4S. The average molecular weight is 464 g/mol. The number of benzene rings is 2. The number of carbonyl (C=O) groups is 2. The number of rotatable bonds is 5. The van der Waals surface area contributed by atoms with E-state index in [-0.39, 0.29) is 19.6 Å². The molecule has 0 bridgehead atoms. The van der Waals surface area contributed by atoms with Crippen LogP contribution in [-0.4, -0.2) is 49.4 Å². The van der Waals surface area contributed by atoms with Crippen LogP contribution in [0.15, 0.2) is 42.5 Å². The van der Waals surface area contributed by atoms with Crippen molar-refractivity contribution in [2.45, 2.75) is 32.9 Å². The van der Waals surface area contributed by atoms with E-state index in [9.17, 15) is 18.0 Å². The van der Waals surface area contributed by atoms with Gasteiger partial charge in [-0.25, -0.2) is 8.42 Å². The van der Waals surface area contributed by atoms with Crippen LogP contribution < -0.4 is 10.2 Å². The zero-order chi connectivity index (χ0) is 23.0. The van der Waals surface area contributed by atoms with Crippen LogP contribution in [0.3, 0.4) is 0 Å². The maximum absolute atomic E-state index is 13.4. The number of hydrogen-bond acceptors (Lipinski definition) is 4. The van der Waals surface area contributed by atoms with E-state index in [1.54, 1.807) is 25.1 Å². The molecule has 1 atom stereocenters. The second-order valence-corrected chi connectivity index (χ2v) is 10.6. The van der Waals surface area contributed by atoms with E-state index >= 15 is 0 Å². The number of nitrogens with one attached hydrogen (secondary N) is 1. The first-order chi connectivity index (χ1) is 14.4. The summed E-state index contributed by atoms with van der Waals surface area (Å²) in [6.07, 6.45) is 1.03. The molecule has 31 heavy (non-hydrogen) atoms. The van der Waals surface area contributed by atoms with Gasteiger partial charge in [-0.05, 0) is 44.0 Å². The smallest absolute Gasteiger partial charge is 0.247 e. The molecule has 0 aliphatic carbocycles. The Labute approximate surface area is 188 Å². The fourth-order valence-electron chi connectivity index (χ4n) is 3.68. The summed E-state index contributed by atoms with van der Waals surface area (Å²) in [4.78, 5) is 27.9. The Balaban J connectivity index is 1.99. The SMILES string of the molecule is Cc1ccc(CNC(=O)C2(C)CN(S(C)(=O)=O)CC(=O)N2c2cc(Cl)ccc2C)cc1. The van der Waals surface area contributed by atoms with Crippen molar-refractivity contribution >= 4 is 39.1 Å². The number of amides is 2. The van der Waals surface area contributed by atoms with Gasteiger partial charge in [0.05, 0.1) is 12.8 Å². The summed E-state index contributed by atoms with van der Waals surface area (Å²) < 4.78 is 25.5. The van der Waals surface area contributed by atoms with Gasteiger partial charge in [0.25, 0.3) is 0 Å². The molecule has 0 aromatic heterocycles. The van der Waals surface area contributed by atoms with Crippen molar-refractivity contribution < 1.29 is 18.0 Å². The van der Waals surface area contributed by atoms with Crippen LogP contribution in [0.4, 0.5) is 5.69 Å². The van der Waals surface area contributed by atoms with Crippen LogP contribution in [0.1, 0.15) is 23.6 Å². The molecule has 166 valence electrons. The van der Waals surface area contributed by atoms with Crippen molar-refractivity contribution in [3.05, 3.63) is 64.2 Å². The molecule has 2 aromatic rings. The zero-order valence-electron chi connectivity index (χ0n) is 18.0. The van der Waals surface area contributed by atoms with Crippen molar-refractivity contribution in [3.63, 3.8) is 0 Å². The predicted molar refractivity (Wildman–Crippen MR) is 122 cm³/mol. The molecule has 2 amide bonds. The normalized spacial score (nSPS) is 20.0. The Hall–Kier alpha value is -2.42. The van der Waals surface area contributed by atoms with E-state index < -0.39 is 27.4 Å². The topological polar surface area (TPSA) is 86.8 Å². The Bertz CT molecular complexity index is 1120. The molecule has 0 radical (unpaired) electrons. The lowest BCUT2D eigenvalue weighted by Gasteiger charge is -2.47. The van der Waals surface area contributed by atoms with E-state index in [0.717, 1.165) is 27.3 Å². The molecule has 2 aromatic carbocycles. The highest BCUT2D eigenvalue weighted by Gasteiger charge is 2.50. The van der Waals surface area contributed by atoms with Gasteiger partial charge in [0.1, 0.15) is 5.54 Å². The highest BCUT2D eigenvalue weighted by molar-refractivity contribution is 7.88. The summed E-state index contributed by atoms with van der Waals surface area (Å²) in [5, 5.41) is 3.29. The van der Waals surface area contributed by atoms with Gasteiger partial charge >= 0.3 is 0 Å². The largest absolute Gasteiger partial charge is 0.350 e. The number of piperazine rings is 1. The molecule has 1 unspecified atom stereocenters. The average Bonchev–Trinajstić information content (AvgIpc) is 2.68. The standard InChI is InChI=1S/C22H26ClN3O4S/c1-15-5-8-17(9-6-15)12-24-21(28)22(3)14-25(31(4,29)30)13-20(27)26(22)19-11-18(23)10-7-16(19)2/h5-11H,12-14H2,1-4H3,(H,24,28). The first kappa shape index (κ1) is 23.2. The molecule has 3 rings (SSSR count). The molecule has 7 nitrogen and oxygen atoms in total. The third-order valence-electron chi connectivity index (χ3n) is 5.48. The minimum Gasteiger partial charge on any atom is -0.350 e. The summed E-state index contributed by atoms with van der Waals surface area (Å²) in [6, 6.07) is 12.8. The summed E-state index contributed by atoms with van der Waals surface area (Å²) in [5.74, 6) is -0.941. The molecule has 1 heterocycles. The first-order valence-corrected chi connectivity index (χ1v) is 12.0. The number of halogens is 1. The fourth-order valence-corrected chi connectivity index (χ4v) is 4.67. The van der Waals surface area contributed by atoms with Gasteiger partial charge in [-0.2, -0.15) is 4.31 Å². The third-order valence-corrected chi connectivity index (χ3v) is 6.91. The van der Waals surface area contributed by atoms with E-state index in [1.807, 2.05) is 38.1 Å². The van der Waals surface area contributed by atoms with Crippen LogP contribution in [0.5, 0.6) is 0 Å². The first-order valence-electron chi connectivity index (χ1n) is 9.80. The van der Waals surface area contributed by atoms with Crippen molar-refractivity contribution in [1.29, 1.82) is 0 Å². The lowest BCUT2D eigenvalue weighted by molar-refractivity contribution is -0.133. The Morgan fingerprint density at radius 2 is 1.81 bits per heavy atom. The Morgan fingerprint density at radius 1 is 1.16 bits per heavy atom. The molecule has 9 heteroatoms. The van der Waals surface area contributed by atoms with Gasteiger partial charge in [0.15, 0.2) is 0 Å². The van der Waals surface area contributed by atoms with Gasteiger partial charge in [-0.3, -0.25) is 14.5 Å². The maximum Gasteiger partial charge on any atom is 0.247 e. The van der Waals surface area contributed by atoms with Crippen molar-refractivity contribution in [3.8, 4) is 0 Å². The lowest BCUT2D eigenvalue weighted by Crippen LogP contribution is -2.70. The monoisotopic (exact) mass is 463 g/mol. The Kier molecular flexibility index (Phi) is 6.45. The fraction of sp³-hybridized carbons (Fsp3) is 0.364. The molecule has 0 saturated carbocycles. The number of anilines is 1. The highest BCUT2D eigenvalue weighted by atomic mass is 35.5. The summed E-state index contributed by atoms with van der Waals surface area (Å²) >= 11 is 6.17. The molecule has 1 aliphatic heterocycles. The minimum atomic E-state index is -3.68. The van der Waals surface area contributed by atoms with Gasteiger partial charge in [0.2, 0.25) is 21.8 Å². The van der Waals surface area contributed by atoms with Crippen LogP contribution in [-0.2, 0) is 26.2 Å². The minimum absolute atomic E-state index is 0.163. The lowest BCUT2D eigenvalue weighted by atomic mass is 9.93. The molecule has 1 saturated heterocycles. The van der Waals surface area contributed by atoms with Gasteiger partial charge in [0, 0.05) is 23.8 Å². The van der Waals surface area contributed by atoms with Gasteiger partial charge in [-0.15, -0.1) is 0 Å². The maximum atomic E-state index is 13.4. The van der Waals surface area contributed by atoms with Gasteiger partial charge < -0.3 is 5.32 Å². The van der Waals surface area contributed by atoms with Crippen LogP contribution in [0, 0.1) is 13.8 Å². The Morgan fingerprint density at radius 3 is 2.42 bits per heavy atom. The van der Waals surface area contributed by atoms with E-state index in [1.165, 1.54) is 4.90 Å². The number of sulfonamides is 1. The summed E-state index contributed by atoms with van der Waals surface area (Å²) in [6.45, 7) is 5.11. The highest BCUT2D eigenvalue weighted by Crippen LogP contribution is 2.34. The second-order valence-electron chi connectivity index (χ2n) is 8.13. The number of aryl methyl sites for hydroxylation is 2. The molecule has 0 spiro atoms. The summed E-state index contributed by atoms with van der Waals surface area (Å²) in [5.41, 5.74) is 1.78. The van der Waals surface area contributed by atoms with Crippen molar-refractivity contribution in [1.82, 2.24) is 9.62 Å². The molecule has 1 aliphatic rings. The second kappa shape index (κ2) is 8.61.